The number of aliphatic hydroxyl groups excluding tert-OH is 2. The van der Waals surface area contributed by atoms with Gasteiger partial charge >= 0.3 is 13.5 Å². The first kappa shape index (κ1) is 20.1. The number of benzene rings is 1. The average molecular weight is 455 g/mol. The van der Waals surface area contributed by atoms with Crippen molar-refractivity contribution in [3.05, 3.63) is 62.4 Å². The summed E-state index contributed by atoms with van der Waals surface area (Å²) in [7, 11) is -4.35. The lowest BCUT2D eigenvalue weighted by Crippen LogP contribution is -2.43. The van der Waals surface area contributed by atoms with Crippen LogP contribution in [0.4, 0.5) is 4.39 Å². The molecule has 1 saturated heterocycles. The maximum Gasteiger partial charge on any atom is 0.530 e. The number of halogens is 1. The molecule has 2 aliphatic rings. The van der Waals surface area contributed by atoms with E-state index < -0.39 is 55.5 Å². The molecule has 3 N–H and O–H groups in total. The third kappa shape index (κ3) is 3.83. The quantitative estimate of drug-likeness (QED) is 0.433. The fourth-order valence-corrected chi connectivity index (χ4v) is 4.18. The van der Waals surface area contributed by atoms with Crippen LogP contribution in [-0.4, -0.2) is 44.4 Å². The molecule has 0 radical (unpaired) electrons. The molecule has 13 heteroatoms. The van der Waals surface area contributed by atoms with E-state index in [1.165, 1.54) is 6.07 Å². The van der Waals surface area contributed by atoms with E-state index in [1.807, 2.05) is 5.92 Å². The zero-order chi connectivity index (χ0) is 23.3. The second-order valence-electron chi connectivity index (χ2n) is 6.63. The topological polar surface area (TPSA) is 149 Å². The molecular formula is C18H16FN2O9P. The molecule has 0 aliphatic carbocycles. The van der Waals surface area contributed by atoms with E-state index in [0.717, 1.165) is 0 Å². The number of hydrogen-bond acceptors (Lipinski definition) is 9. The van der Waals surface area contributed by atoms with Gasteiger partial charge in [-0.3, -0.25) is 23.4 Å². The Hall–Kier alpha value is -2.78. The third-order valence-corrected chi connectivity index (χ3v) is 5.89. The summed E-state index contributed by atoms with van der Waals surface area (Å²) in [5, 5.41) is 20.5. The minimum atomic E-state index is -4.35. The van der Waals surface area contributed by atoms with Crippen molar-refractivity contribution >= 4 is 7.82 Å². The van der Waals surface area contributed by atoms with Crippen molar-refractivity contribution in [3.63, 3.8) is 0 Å². The monoisotopic (exact) mass is 455 g/mol. The van der Waals surface area contributed by atoms with E-state index >= 15 is 4.39 Å². The number of aliphatic hydroxyl groups is 2. The third-order valence-electron chi connectivity index (χ3n) is 4.58. The van der Waals surface area contributed by atoms with Gasteiger partial charge in [-0.25, -0.2) is 13.8 Å². The first-order valence-corrected chi connectivity index (χ1v) is 10.2. The van der Waals surface area contributed by atoms with Crippen molar-refractivity contribution < 1.29 is 38.8 Å². The van der Waals surface area contributed by atoms with Crippen LogP contribution >= 0.6 is 7.82 Å². The Kier molecular flexibility index (Phi) is 5.02. The van der Waals surface area contributed by atoms with Gasteiger partial charge in [0.15, 0.2) is 6.20 Å². The first-order valence-electron chi connectivity index (χ1n) is 9.26. The highest BCUT2D eigenvalue weighted by molar-refractivity contribution is 7.49. The highest BCUT2D eigenvalue weighted by atomic mass is 31.2. The molecule has 0 spiro atoms. The Bertz CT molecular complexity index is 1280. The highest BCUT2D eigenvalue weighted by Gasteiger charge is 2.57. The minimum absolute atomic E-state index is 0.164. The Morgan fingerprint density at radius 2 is 2.19 bits per heavy atom. The smallest absolute Gasteiger partial charge is 0.404 e. The van der Waals surface area contributed by atoms with E-state index in [0.29, 0.717) is 16.3 Å². The lowest BCUT2D eigenvalue weighted by Gasteiger charge is -2.28. The Labute approximate surface area is 175 Å². The molecule has 0 saturated carbocycles. The zero-order valence-electron chi connectivity index (χ0n) is 16.6. The fraction of sp³-hybridized carbons (Fsp3) is 0.333. The van der Waals surface area contributed by atoms with Crippen molar-refractivity contribution in [1.29, 1.82) is 0 Å². The van der Waals surface area contributed by atoms with Crippen molar-refractivity contribution in [3.8, 4) is 18.1 Å². The molecule has 2 aromatic rings. The maximum atomic E-state index is 15.4. The molecule has 1 aromatic heterocycles. The Morgan fingerprint density at radius 3 is 2.94 bits per heavy atom. The molecule has 31 heavy (non-hydrogen) atoms. The summed E-state index contributed by atoms with van der Waals surface area (Å²) < 4.78 is 56.7. The van der Waals surface area contributed by atoms with Gasteiger partial charge < -0.3 is 19.5 Å². The molecule has 3 heterocycles. The lowest BCUT2D eigenvalue weighted by atomic mass is 10.1. The van der Waals surface area contributed by atoms with Crippen LogP contribution in [0.3, 0.4) is 0 Å². The van der Waals surface area contributed by atoms with Crippen LogP contribution < -0.4 is 15.8 Å². The van der Waals surface area contributed by atoms with Crippen LogP contribution in [0.5, 0.6) is 5.75 Å². The number of nitrogens with zero attached hydrogens (tertiary/aromatic N) is 1. The number of alkyl halides is 1. The van der Waals surface area contributed by atoms with E-state index in [2.05, 4.69) is 0 Å². The SMILES string of the molecule is [2H][C@@]1(n2cc(C#C)c(=O)[nH]c2=O)O[C@](F)(COP2(=O)OCc3ccccc3O2)[C@@H](O)[C@H]1O. The highest BCUT2D eigenvalue weighted by Crippen LogP contribution is 2.55. The number of H-pyrrole nitrogens is 1. The largest absolute Gasteiger partial charge is 0.530 e. The fourth-order valence-electron chi connectivity index (χ4n) is 2.95. The van der Waals surface area contributed by atoms with Crippen LogP contribution in [0, 0.1) is 12.3 Å². The molecule has 0 bridgehead atoms. The Balaban J connectivity index is 1.59. The number of terminal acetylenes is 1. The molecule has 4 rings (SSSR count). The number of rotatable bonds is 4. The van der Waals surface area contributed by atoms with Gasteiger partial charge in [0.1, 0.15) is 30.1 Å². The van der Waals surface area contributed by atoms with E-state index in [1.54, 1.807) is 23.2 Å². The van der Waals surface area contributed by atoms with Crippen molar-refractivity contribution in [2.75, 3.05) is 6.61 Å². The molecule has 0 amide bonds. The predicted molar refractivity (Wildman–Crippen MR) is 101 cm³/mol. The number of phosphoric acid groups is 1. The molecule has 2 aliphatic heterocycles. The van der Waals surface area contributed by atoms with Gasteiger partial charge in [0.05, 0.1) is 7.98 Å². The Morgan fingerprint density at radius 1 is 1.45 bits per heavy atom. The van der Waals surface area contributed by atoms with Crippen LogP contribution in [0.1, 0.15) is 18.7 Å². The van der Waals surface area contributed by atoms with Crippen molar-refractivity contribution in [1.82, 2.24) is 9.55 Å². The molecule has 1 aromatic carbocycles. The molecule has 1 unspecified atom stereocenters. The standard InChI is InChI=1S/C18H16FN2O9P/c1-2-10-7-21(17(25)20-15(10)24)16-13(22)14(23)18(19,29-16)9-28-31(26)27-8-11-5-3-4-6-12(11)30-31/h1,3-7,13-14,16,22-23H,8-9H2,(H,20,24,25)/t13-,14+,16-,18-,31?/m1/s1/i16D. The number of ether oxygens (including phenoxy) is 1. The number of aromatic amines is 1. The predicted octanol–water partition coefficient (Wildman–Crippen LogP) is 0.168. The lowest BCUT2D eigenvalue weighted by molar-refractivity contribution is -0.205. The van der Waals surface area contributed by atoms with Gasteiger partial charge in [-0.05, 0) is 6.07 Å². The summed E-state index contributed by atoms with van der Waals surface area (Å²) in [6, 6.07) is 6.44. The van der Waals surface area contributed by atoms with Gasteiger partial charge in [0.25, 0.3) is 11.4 Å². The number of para-hydroxylation sites is 1. The van der Waals surface area contributed by atoms with Gasteiger partial charge in [0, 0.05) is 11.8 Å². The first-order chi connectivity index (χ1) is 15.0. The normalized spacial score (nSPS) is 35.0. The van der Waals surface area contributed by atoms with Gasteiger partial charge in [-0.2, -0.15) is 0 Å². The summed E-state index contributed by atoms with van der Waals surface area (Å²) >= 11 is 0. The summed E-state index contributed by atoms with van der Waals surface area (Å²) in [5.74, 6) is -1.19. The summed E-state index contributed by atoms with van der Waals surface area (Å²) in [5.41, 5.74) is -2.06. The molecule has 11 nitrogen and oxygen atoms in total. The van der Waals surface area contributed by atoms with Crippen LogP contribution in [0.15, 0.2) is 40.1 Å². The number of fused-ring (bicyclic) bond motifs is 1. The second kappa shape index (κ2) is 7.72. The maximum absolute atomic E-state index is 15.4. The average Bonchev–Trinajstić information content (AvgIpc) is 2.93. The van der Waals surface area contributed by atoms with Crippen LogP contribution in [-0.2, 0) is 25.0 Å². The second-order valence-corrected chi connectivity index (χ2v) is 8.22. The number of nitrogens with one attached hydrogen (secondary N) is 1. The number of phosphoric ester groups is 1. The van der Waals surface area contributed by atoms with Gasteiger partial charge in [0.2, 0.25) is 0 Å². The minimum Gasteiger partial charge on any atom is -0.404 e. The van der Waals surface area contributed by atoms with Crippen LogP contribution in [0.25, 0.3) is 0 Å². The zero-order valence-corrected chi connectivity index (χ0v) is 16.5. The van der Waals surface area contributed by atoms with Crippen molar-refractivity contribution in [2.24, 2.45) is 0 Å². The van der Waals surface area contributed by atoms with E-state index in [4.69, 9.17) is 26.1 Å². The summed E-state index contributed by atoms with van der Waals surface area (Å²) in [6.07, 6.45) is -1.89. The number of aromatic nitrogens is 2. The molecule has 1 fully saturated rings. The summed E-state index contributed by atoms with van der Waals surface area (Å²) in [6.45, 7) is -1.46. The van der Waals surface area contributed by atoms with Crippen LogP contribution in [0.2, 0.25) is 0 Å². The number of hydrogen-bond donors (Lipinski definition) is 3. The van der Waals surface area contributed by atoms with Gasteiger partial charge in [-0.15, -0.1) is 6.42 Å². The van der Waals surface area contributed by atoms with E-state index in [9.17, 15) is 24.4 Å². The molecule has 164 valence electrons. The molecular weight excluding hydrogens is 438 g/mol. The van der Waals surface area contributed by atoms with Gasteiger partial charge in [-0.1, -0.05) is 24.1 Å². The summed E-state index contributed by atoms with van der Waals surface area (Å²) in [4.78, 5) is 25.6. The van der Waals surface area contributed by atoms with E-state index in [-0.39, 0.29) is 12.4 Å². The molecule has 5 atom stereocenters. The van der Waals surface area contributed by atoms with Crippen molar-refractivity contribution in [2.45, 2.75) is 30.9 Å².